The molecule has 0 radical (unpaired) electrons. The highest BCUT2D eigenvalue weighted by Crippen LogP contribution is 2.23. The third-order valence-electron chi connectivity index (χ3n) is 2.95. The second-order valence-corrected chi connectivity index (χ2v) is 6.14. The summed E-state index contributed by atoms with van der Waals surface area (Å²) in [7, 11) is 0. The van der Waals surface area contributed by atoms with E-state index in [1.165, 1.54) is 5.56 Å². The Morgan fingerprint density at radius 2 is 1.90 bits per heavy atom. The van der Waals surface area contributed by atoms with Gasteiger partial charge in [-0.05, 0) is 42.3 Å². The van der Waals surface area contributed by atoms with Crippen LogP contribution in [0.25, 0.3) is 0 Å². The summed E-state index contributed by atoms with van der Waals surface area (Å²) in [5.74, 6) is -0.923. The van der Waals surface area contributed by atoms with Crippen molar-refractivity contribution in [1.29, 1.82) is 0 Å². The molecule has 0 aromatic heterocycles. The molecule has 0 aliphatic rings. The van der Waals surface area contributed by atoms with E-state index in [1.807, 2.05) is 31.2 Å². The zero-order valence-electron chi connectivity index (χ0n) is 10.8. The molecule has 5 heteroatoms. The average molecular weight is 399 g/mol. The fraction of sp³-hybridized carbons (Fsp3) is 0.133. The Morgan fingerprint density at radius 1 is 1.15 bits per heavy atom. The first-order chi connectivity index (χ1) is 9.47. The number of anilines is 1. The summed E-state index contributed by atoms with van der Waals surface area (Å²) in [6.07, 6.45) is 0. The monoisotopic (exact) mass is 397 g/mol. The van der Waals surface area contributed by atoms with Gasteiger partial charge in [0.25, 0.3) is 0 Å². The molecule has 104 valence electrons. The van der Waals surface area contributed by atoms with Gasteiger partial charge in [-0.2, -0.15) is 0 Å². The first kappa shape index (κ1) is 15.1. The van der Waals surface area contributed by atoms with E-state index in [9.17, 15) is 4.79 Å². The number of hydrogen-bond donors (Lipinski definition) is 2. The van der Waals surface area contributed by atoms with Crippen LogP contribution in [-0.2, 0) is 6.54 Å². The Kier molecular flexibility index (Phi) is 4.83. The average Bonchev–Trinajstić information content (AvgIpc) is 2.41. The summed E-state index contributed by atoms with van der Waals surface area (Å²) >= 11 is 6.90. The predicted molar refractivity (Wildman–Crippen MR) is 87.3 cm³/mol. The zero-order chi connectivity index (χ0) is 14.7. The molecule has 2 aromatic rings. The number of rotatable bonds is 4. The van der Waals surface area contributed by atoms with Crippen molar-refractivity contribution in [2.45, 2.75) is 13.5 Å². The first-order valence-corrected chi connectivity index (χ1v) is 7.57. The van der Waals surface area contributed by atoms with Crippen LogP contribution in [-0.4, -0.2) is 11.1 Å². The van der Waals surface area contributed by atoms with Crippen LogP contribution < -0.4 is 5.32 Å². The second-order valence-electron chi connectivity index (χ2n) is 4.43. The second kappa shape index (κ2) is 6.41. The van der Waals surface area contributed by atoms with Gasteiger partial charge < -0.3 is 10.4 Å². The normalized spacial score (nSPS) is 10.3. The Morgan fingerprint density at radius 3 is 2.50 bits per heavy atom. The van der Waals surface area contributed by atoms with Crippen molar-refractivity contribution < 1.29 is 9.90 Å². The van der Waals surface area contributed by atoms with Gasteiger partial charge in [0, 0.05) is 21.2 Å². The van der Waals surface area contributed by atoms with Crippen molar-refractivity contribution in [3.05, 3.63) is 62.0 Å². The van der Waals surface area contributed by atoms with Crippen LogP contribution in [0.4, 0.5) is 5.69 Å². The minimum absolute atomic E-state index is 0.277. The molecular formula is C15H13Br2NO2. The summed E-state index contributed by atoms with van der Waals surface area (Å²) in [6.45, 7) is 2.66. The number of aryl methyl sites for hydroxylation is 1. The van der Waals surface area contributed by atoms with Gasteiger partial charge >= 0.3 is 5.97 Å². The Bertz CT molecular complexity index is 656. The molecule has 0 fully saturated rings. The zero-order valence-corrected chi connectivity index (χ0v) is 14.0. The molecule has 20 heavy (non-hydrogen) atoms. The van der Waals surface area contributed by atoms with Crippen LogP contribution >= 0.6 is 31.9 Å². The number of benzene rings is 2. The van der Waals surface area contributed by atoms with Gasteiger partial charge in [0.05, 0.1) is 5.56 Å². The first-order valence-electron chi connectivity index (χ1n) is 5.99. The highest BCUT2D eigenvalue weighted by Gasteiger charge is 2.06. The van der Waals surface area contributed by atoms with E-state index in [4.69, 9.17) is 5.11 Å². The van der Waals surface area contributed by atoms with Crippen molar-refractivity contribution in [3.8, 4) is 0 Å². The molecule has 3 nitrogen and oxygen atoms in total. The standard InChI is InChI=1S/C15H13Br2NO2/c1-9-2-5-12(7-13(9)16)18-8-11-4-3-10(15(19)20)6-14(11)17/h2-7,18H,8H2,1H3,(H,19,20). The molecule has 0 heterocycles. The number of hydrogen-bond acceptors (Lipinski definition) is 2. The molecule has 0 aliphatic carbocycles. The van der Waals surface area contributed by atoms with Gasteiger partial charge in [0.2, 0.25) is 0 Å². The number of carboxylic acids is 1. The number of halogens is 2. The third kappa shape index (κ3) is 3.61. The quantitative estimate of drug-likeness (QED) is 0.775. The van der Waals surface area contributed by atoms with E-state index in [-0.39, 0.29) is 5.56 Å². The van der Waals surface area contributed by atoms with Crippen molar-refractivity contribution >= 4 is 43.5 Å². The van der Waals surface area contributed by atoms with E-state index < -0.39 is 5.97 Å². The molecule has 2 aromatic carbocycles. The summed E-state index contributed by atoms with van der Waals surface area (Å²) in [5.41, 5.74) is 3.48. The molecule has 2 N–H and O–H groups in total. The summed E-state index contributed by atoms with van der Waals surface area (Å²) in [4.78, 5) is 10.9. The van der Waals surface area contributed by atoms with Crippen LogP contribution in [0.3, 0.4) is 0 Å². The highest BCUT2D eigenvalue weighted by atomic mass is 79.9. The SMILES string of the molecule is Cc1ccc(NCc2ccc(C(=O)O)cc2Br)cc1Br. The fourth-order valence-corrected chi connectivity index (χ4v) is 2.62. The largest absolute Gasteiger partial charge is 0.478 e. The highest BCUT2D eigenvalue weighted by molar-refractivity contribution is 9.10. The van der Waals surface area contributed by atoms with Crippen LogP contribution in [0.2, 0.25) is 0 Å². The van der Waals surface area contributed by atoms with Crippen LogP contribution in [0.1, 0.15) is 21.5 Å². The number of carboxylic acid groups (broad SMARTS) is 1. The molecule has 0 amide bonds. The molecule has 0 saturated carbocycles. The van der Waals surface area contributed by atoms with E-state index in [0.29, 0.717) is 6.54 Å². The van der Waals surface area contributed by atoms with Gasteiger partial charge in [-0.25, -0.2) is 4.79 Å². The molecule has 0 atom stereocenters. The maximum absolute atomic E-state index is 10.9. The number of aromatic carboxylic acids is 1. The van der Waals surface area contributed by atoms with Gasteiger partial charge in [-0.1, -0.05) is 44.0 Å². The maximum Gasteiger partial charge on any atom is 0.335 e. The van der Waals surface area contributed by atoms with Gasteiger partial charge in [-0.3, -0.25) is 0 Å². The molecule has 0 aliphatic heterocycles. The summed E-state index contributed by atoms with van der Waals surface area (Å²) < 4.78 is 1.85. The summed E-state index contributed by atoms with van der Waals surface area (Å²) in [6, 6.07) is 11.1. The van der Waals surface area contributed by atoms with Crippen LogP contribution in [0.15, 0.2) is 45.3 Å². The van der Waals surface area contributed by atoms with Crippen molar-refractivity contribution in [2.75, 3.05) is 5.32 Å². The van der Waals surface area contributed by atoms with Crippen LogP contribution in [0.5, 0.6) is 0 Å². The smallest absolute Gasteiger partial charge is 0.335 e. The molecule has 0 saturated heterocycles. The predicted octanol–water partition coefficient (Wildman–Crippen LogP) is 4.83. The van der Waals surface area contributed by atoms with Gasteiger partial charge in [0.1, 0.15) is 0 Å². The molecular weight excluding hydrogens is 386 g/mol. The van der Waals surface area contributed by atoms with E-state index in [1.54, 1.807) is 12.1 Å². The van der Waals surface area contributed by atoms with E-state index in [0.717, 1.165) is 20.2 Å². The lowest BCUT2D eigenvalue weighted by atomic mass is 10.1. The van der Waals surface area contributed by atoms with Crippen molar-refractivity contribution in [2.24, 2.45) is 0 Å². The number of carbonyl (C=O) groups is 1. The lowest BCUT2D eigenvalue weighted by Crippen LogP contribution is -2.02. The van der Waals surface area contributed by atoms with E-state index in [2.05, 4.69) is 37.2 Å². The van der Waals surface area contributed by atoms with Gasteiger partial charge in [0.15, 0.2) is 0 Å². The third-order valence-corrected chi connectivity index (χ3v) is 4.55. The lowest BCUT2D eigenvalue weighted by Gasteiger charge is -2.10. The van der Waals surface area contributed by atoms with Gasteiger partial charge in [-0.15, -0.1) is 0 Å². The fourth-order valence-electron chi connectivity index (χ4n) is 1.72. The Balaban J connectivity index is 2.10. The van der Waals surface area contributed by atoms with E-state index >= 15 is 0 Å². The van der Waals surface area contributed by atoms with Crippen molar-refractivity contribution in [1.82, 2.24) is 0 Å². The summed E-state index contributed by atoms with van der Waals surface area (Å²) in [5, 5.41) is 12.2. The minimum atomic E-state index is -0.923. The Labute approximate surface area is 134 Å². The molecule has 2 rings (SSSR count). The van der Waals surface area contributed by atoms with Crippen molar-refractivity contribution in [3.63, 3.8) is 0 Å². The minimum Gasteiger partial charge on any atom is -0.478 e. The lowest BCUT2D eigenvalue weighted by molar-refractivity contribution is 0.0697. The maximum atomic E-state index is 10.9. The molecule has 0 spiro atoms. The van der Waals surface area contributed by atoms with Crippen LogP contribution in [0, 0.1) is 6.92 Å². The molecule has 0 unspecified atom stereocenters. The topological polar surface area (TPSA) is 49.3 Å². The molecule has 0 bridgehead atoms. The number of nitrogens with one attached hydrogen (secondary N) is 1. The Hall–Kier alpha value is -1.33.